The molecule has 0 heterocycles. The minimum atomic E-state index is -4.48. The molecule has 0 saturated heterocycles. The second-order valence-electron chi connectivity index (χ2n) is 9.14. The van der Waals surface area contributed by atoms with Crippen molar-refractivity contribution in [1.82, 2.24) is 10.2 Å². The van der Waals surface area contributed by atoms with Gasteiger partial charge in [-0.25, -0.2) is 8.42 Å². The highest BCUT2D eigenvalue weighted by Gasteiger charge is 2.33. The third-order valence-corrected chi connectivity index (χ3v) is 8.63. The highest BCUT2D eigenvalue weighted by atomic mass is 79.9. The summed E-state index contributed by atoms with van der Waals surface area (Å²) in [5.74, 6) is -0.585. The number of nitro groups is 1. The standard InChI is InChI=1S/C28H31BrN4O7S/c1-5-30-28(35)20(3)31(17-21-7-6-8-22(29)15-21)27(34)18-32(23-10-12-24(40-4)13-11-23)41(38,39)25-14-9-19(2)26(16-25)33(36)37/h6-16,20H,5,17-18H2,1-4H3,(H,30,35). The molecule has 13 heteroatoms. The summed E-state index contributed by atoms with van der Waals surface area (Å²) in [6, 6.07) is 15.9. The van der Waals surface area contributed by atoms with Gasteiger partial charge in [-0.3, -0.25) is 24.0 Å². The third kappa shape index (κ3) is 7.61. The van der Waals surface area contributed by atoms with Crippen molar-refractivity contribution in [2.45, 2.75) is 38.3 Å². The van der Waals surface area contributed by atoms with Gasteiger partial charge in [0, 0.05) is 29.2 Å². The maximum absolute atomic E-state index is 14.0. The Balaban J connectivity index is 2.09. The van der Waals surface area contributed by atoms with Crippen LogP contribution in [0.4, 0.5) is 11.4 Å². The zero-order valence-corrected chi connectivity index (χ0v) is 25.4. The fourth-order valence-corrected chi connectivity index (χ4v) is 5.97. The maximum Gasteiger partial charge on any atom is 0.273 e. The lowest BCUT2D eigenvalue weighted by Crippen LogP contribution is -2.51. The number of ether oxygens (including phenoxy) is 1. The van der Waals surface area contributed by atoms with Gasteiger partial charge in [0.05, 0.1) is 22.6 Å². The van der Waals surface area contributed by atoms with Crippen LogP contribution >= 0.6 is 15.9 Å². The van der Waals surface area contributed by atoms with Gasteiger partial charge in [-0.15, -0.1) is 0 Å². The largest absolute Gasteiger partial charge is 0.497 e. The Morgan fingerprint density at radius 3 is 2.37 bits per heavy atom. The van der Waals surface area contributed by atoms with Gasteiger partial charge in [0.25, 0.3) is 15.7 Å². The molecule has 1 unspecified atom stereocenters. The summed E-state index contributed by atoms with van der Waals surface area (Å²) in [4.78, 5) is 38.5. The number of likely N-dealkylation sites (N-methyl/N-ethyl adjacent to an activating group) is 1. The van der Waals surface area contributed by atoms with Gasteiger partial charge in [-0.05, 0) is 68.8 Å². The van der Waals surface area contributed by atoms with E-state index in [9.17, 15) is 28.1 Å². The first-order chi connectivity index (χ1) is 19.4. The smallest absolute Gasteiger partial charge is 0.273 e. The van der Waals surface area contributed by atoms with Gasteiger partial charge in [0.2, 0.25) is 11.8 Å². The molecule has 0 aromatic heterocycles. The second-order valence-corrected chi connectivity index (χ2v) is 11.9. The molecule has 0 radical (unpaired) electrons. The lowest BCUT2D eigenvalue weighted by atomic mass is 10.1. The fourth-order valence-electron chi connectivity index (χ4n) is 4.09. The summed E-state index contributed by atoms with van der Waals surface area (Å²) in [7, 11) is -3.02. The van der Waals surface area contributed by atoms with E-state index in [2.05, 4.69) is 21.2 Å². The molecule has 1 atom stereocenters. The number of methoxy groups -OCH3 is 1. The van der Waals surface area contributed by atoms with Crippen LogP contribution in [0.15, 0.2) is 76.1 Å². The Kier molecular flexibility index (Phi) is 10.5. The summed E-state index contributed by atoms with van der Waals surface area (Å²) in [5, 5.41) is 14.3. The third-order valence-electron chi connectivity index (χ3n) is 6.36. The van der Waals surface area contributed by atoms with Crippen molar-refractivity contribution in [2.75, 3.05) is 24.5 Å². The number of nitrogens with zero attached hydrogens (tertiary/aromatic N) is 3. The number of hydrogen-bond acceptors (Lipinski definition) is 7. The number of aryl methyl sites for hydroxylation is 1. The van der Waals surface area contributed by atoms with Gasteiger partial charge >= 0.3 is 0 Å². The van der Waals surface area contributed by atoms with E-state index in [1.165, 1.54) is 55.3 Å². The Bertz CT molecular complexity index is 1530. The minimum absolute atomic E-state index is 0.0308. The number of hydrogen-bond donors (Lipinski definition) is 1. The molecule has 0 spiro atoms. The number of sulfonamides is 1. The first-order valence-corrected chi connectivity index (χ1v) is 14.9. The first-order valence-electron chi connectivity index (χ1n) is 12.6. The maximum atomic E-state index is 14.0. The van der Waals surface area contributed by atoms with E-state index in [0.717, 1.165) is 20.4 Å². The average Bonchev–Trinajstić information content (AvgIpc) is 2.94. The first kappa shape index (κ1) is 31.6. The van der Waals surface area contributed by atoms with Crippen LogP contribution in [0.2, 0.25) is 0 Å². The van der Waals surface area contributed by atoms with Gasteiger partial charge in [-0.1, -0.05) is 34.1 Å². The van der Waals surface area contributed by atoms with Crippen molar-refractivity contribution in [3.05, 3.63) is 92.4 Å². The lowest BCUT2D eigenvalue weighted by molar-refractivity contribution is -0.385. The number of amides is 2. The van der Waals surface area contributed by atoms with Crippen LogP contribution in [0.5, 0.6) is 5.75 Å². The molecule has 0 saturated carbocycles. The second kappa shape index (κ2) is 13.6. The van der Waals surface area contributed by atoms with Crippen molar-refractivity contribution in [2.24, 2.45) is 0 Å². The van der Waals surface area contributed by atoms with E-state index < -0.39 is 39.3 Å². The molecule has 0 aliphatic heterocycles. The van der Waals surface area contributed by atoms with Crippen LogP contribution in [-0.4, -0.2) is 56.3 Å². The molecule has 3 rings (SSSR count). The summed E-state index contributed by atoms with van der Waals surface area (Å²) < 4.78 is 34.7. The molecule has 0 bridgehead atoms. The van der Waals surface area contributed by atoms with E-state index in [1.807, 2.05) is 6.07 Å². The number of carbonyl (C=O) groups excluding carboxylic acids is 2. The Morgan fingerprint density at radius 2 is 1.78 bits per heavy atom. The number of nitro benzene ring substituents is 1. The van der Waals surface area contributed by atoms with Crippen LogP contribution in [0.1, 0.15) is 25.0 Å². The number of anilines is 1. The van der Waals surface area contributed by atoms with E-state index in [1.54, 1.807) is 32.0 Å². The van der Waals surface area contributed by atoms with Gasteiger partial charge in [0.15, 0.2) is 0 Å². The number of rotatable bonds is 12. The SMILES string of the molecule is CCNC(=O)C(C)N(Cc1cccc(Br)c1)C(=O)CN(c1ccc(OC)cc1)S(=O)(=O)c1ccc(C)c([N+](=O)[O-])c1. The minimum Gasteiger partial charge on any atom is -0.497 e. The average molecular weight is 648 g/mol. The summed E-state index contributed by atoms with van der Waals surface area (Å²) in [6.45, 7) is 4.53. The van der Waals surface area contributed by atoms with Crippen LogP contribution in [0.25, 0.3) is 0 Å². The molecule has 3 aromatic carbocycles. The molecular formula is C28H31BrN4O7S. The normalized spacial score (nSPS) is 11.8. The molecular weight excluding hydrogens is 616 g/mol. The van der Waals surface area contributed by atoms with Crippen molar-refractivity contribution >= 4 is 49.1 Å². The van der Waals surface area contributed by atoms with E-state index >= 15 is 0 Å². The number of carbonyl (C=O) groups is 2. The Hall–Kier alpha value is -3.97. The Labute approximate surface area is 247 Å². The fraction of sp³-hybridized carbons (Fsp3) is 0.286. The van der Waals surface area contributed by atoms with Crippen LogP contribution < -0.4 is 14.4 Å². The zero-order chi connectivity index (χ0) is 30.3. The molecule has 1 N–H and O–H groups in total. The quantitative estimate of drug-likeness (QED) is 0.227. The Morgan fingerprint density at radius 1 is 1.10 bits per heavy atom. The molecule has 0 aliphatic rings. The summed E-state index contributed by atoms with van der Waals surface area (Å²) >= 11 is 3.41. The number of nitrogens with one attached hydrogen (secondary N) is 1. The van der Waals surface area contributed by atoms with E-state index in [0.29, 0.717) is 12.3 Å². The summed E-state index contributed by atoms with van der Waals surface area (Å²) in [5.41, 5.74) is 0.775. The molecule has 41 heavy (non-hydrogen) atoms. The van der Waals surface area contributed by atoms with Crippen LogP contribution in [-0.2, 0) is 26.2 Å². The molecule has 2 amide bonds. The lowest BCUT2D eigenvalue weighted by Gasteiger charge is -2.32. The zero-order valence-electron chi connectivity index (χ0n) is 23.0. The van der Waals surface area contributed by atoms with E-state index in [-0.39, 0.29) is 28.4 Å². The highest BCUT2D eigenvalue weighted by Crippen LogP contribution is 2.29. The molecule has 3 aromatic rings. The molecule has 11 nitrogen and oxygen atoms in total. The van der Waals surface area contributed by atoms with Gasteiger partial charge in [0.1, 0.15) is 18.3 Å². The number of halogens is 1. The molecule has 0 fully saturated rings. The summed E-state index contributed by atoms with van der Waals surface area (Å²) in [6.07, 6.45) is 0. The van der Waals surface area contributed by atoms with Crippen molar-refractivity contribution in [3.63, 3.8) is 0 Å². The predicted octanol–water partition coefficient (Wildman–Crippen LogP) is 4.42. The molecule has 218 valence electrons. The van der Waals surface area contributed by atoms with Crippen molar-refractivity contribution in [3.8, 4) is 5.75 Å². The van der Waals surface area contributed by atoms with Gasteiger partial charge in [-0.2, -0.15) is 0 Å². The number of benzene rings is 3. The van der Waals surface area contributed by atoms with Crippen molar-refractivity contribution in [1.29, 1.82) is 0 Å². The highest BCUT2D eigenvalue weighted by molar-refractivity contribution is 9.10. The van der Waals surface area contributed by atoms with Crippen molar-refractivity contribution < 1.29 is 27.7 Å². The van der Waals surface area contributed by atoms with Gasteiger partial charge < -0.3 is 15.0 Å². The van der Waals surface area contributed by atoms with E-state index in [4.69, 9.17) is 4.74 Å². The predicted molar refractivity (Wildman–Crippen MR) is 158 cm³/mol. The van der Waals surface area contributed by atoms with Crippen LogP contribution in [0, 0.1) is 17.0 Å². The topological polar surface area (TPSA) is 139 Å². The monoisotopic (exact) mass is 646 g/mol. The van der Waals surface area contributed by atoms with Crippen LogP contribution in [0.3, 0.4) is 0 Å². The molecule has 0 aliphatic carbocycles.